The number of nitrogens with zero attached hydrogens (tertiary/aromatic N) is 2. The molecule has 7 nitrogen and oxygen atoms in total. The van der Waals surface area contributed by atoms with Gasteiger partial charge < -0.3 is 19.5 Å². The molecule has 21 heavy (non-hydrogen) atoms. The SMILES string of the molecule is COc1ccc(C=NN=C2NC(=O)CS2)c(OC)c1OC. The van der Waals surface area contributed by atoms with Gasteiger partial charge in [-0.15, -0.1) is 5.10 Å². The van der Waals surface area contributed by atoms with Crippen LogP contribution in [-0.2, 0) is 4.79 Å². The van der Waals surface area contributed by atoms with E-state index in [-0.39, 0.29) is 5.91 Å². The van der Waals surface area contributed by atoms with Crippen molar-refractivity contribution in [3.63, 3.8) is 0 Å². The van der Waals surface area contributed by atoms with E-state index in [1.807, 2.05) is 0 Å². The van der Waals surface area contributed by atoms with Crippen molar-refractivity contribution in [1.82, 2.24) is 5.32 Å². The molecule has 112 valence electrons. The fourth-order valence-electron chi connectivity index (χ4n) is 1.75. The van der Waals surface area contributed by atoms with E-state index < -0.39 is 0 Å². The van der Waals surface area contributed by atoms with Crippen LogP contribution in [0.4, 0.5) is 0 Å². The molecule has 0 bridgehead atoms. The van der Waals surface area contributed by atoms with Crippen LogP contribution in [0.5, 0.6) is 17.2 Å². The smallest absolute Gasteiger partial charge is 0.236 e. The molecule has 2 rings (SSSR count). The van der Waals surface area contributed by atoms with Gasteiger partial charge >= 0.3 is 0 Å². The van der Waals surface area contributed by atoms with Crippen LogP contribution in [0.2, 0.25) is 0 Å². The first-order valence-electron chi connectivity index (χ1n) is 6.02. The van der Waals surface area contributed by atoms with Crippen molar-refractivity contribution < 1.29 is 19.0 Å². The zero-order valence-electron chi connectivity index (χ0n) is 11.9. The number of benzene rings is 1. The second-order valence-corrected chi connectivity index (χ2v) is 4.87. The van der Waals surface area contributed by atoms with Crippen molar-refractivity contribution in [2.45, 2.75) is 0 Å². The molecule has 0 saturated carbocycles. The first-order chi connectivity index (χ1) is 10.2. The third-order valence-corrected chi connectivity index (χ3v) is 3.53. The molecular formula is C13H15N3O4S. The molecule has 1 N–H and O–H groups in total. The first-order valence-corrected chi connectivity index (χ1v) is 7.00. The number of carbonyl (C=O) groups excluding carboxylic acids is 1. The molecular weight excluding hydrogens is 294 g/mol. The summed E-state index contributed by atoms with van der Waals surface area (Å²) in [4.78, 5) is 11.0. The molecule has 1 saturated heterocycles. The van der Waals surface area contributed by atoms with Gasteiger partial charge in [-0.2, -0.15) is 5.10 Å². The van der Waals surface area contributed by atoms with Gasteiger partial charge in [0.05, 0.1) is 33.3 Å². The van der Waals surface area contributed by atoms with E-state index >= 15 is 0 Å². The molecule has 0 unspecified atom stereocenters. The number of hydrogen-bond acceptors (Lipinski definition) is 7. The first kappa shape index (κ1) is 15.2. The summed E-state index contributed by atoms with van der Waals surface area (Å²) >= 11 is 1.31. The van der Waals surface area contributed by atoms with Gasteiger partial charge in [-0.25, -0.2) is 0 Å². The summed E-state index contributed by atoms with van der Waals surface area (Å²) in [5.41, 5.74) is 0.689. The summed E-state index contributed by atoms with van der Waals surface area (Å²) in [6.07, 6.45) is 1.53. The Morgan fingerprint density at radius 1 is 1.19 bits per heavy atom. The normalized spacial score (nSPS) is 16.3. The Morgan fingerprint density at radius 2 is 1.95 bits per heavy atom. The van der Waals surface area contributed by atoms with E-state index in [1.54, 1.807) is 19.2 Å². The third-order valence-electron chi connectivity index (χ3n) is 2.67. The molecule has 0 spiro atoms. The predicted molar refractivity (Wildman–Crippen MR) is 81.7 cm³/mol. The number of methoxy groups -OCH3 is 3. The molecule has 1 aliphatic heterocycles. The quantitative estimate of drug-likeness (QED) is 0.654. The van der Waals surface area contributed by atoms with E-state index in [9.17, 15) is 4.79 Å². The fourth-order valence-corrected chi connectivity index (χ4v) is 2.38. The maximum Gasteiger partial charge on any atom is 0.236 e. The number of nitrogens with one attached hydrogen (secondary N) is 1. The summed E-state index contributed by atoms with van der Waals surface area (Å²) in [6, 6.07) is 3.53. The van der Waals surface area contributed by atoms with Gasteiger partial charge in [0, 0.05) is 5.56 Å². The number of hydrogen-bond donors (Lipinski definition) is 1. The fraction of sp³-hybridized carbons (Fsp3) is 0.308. The maximum absolute atomic E-state index is 11.0. The molecule has 0 atom stereocenters. The van der Waals surface area contributed by atoms with Crippen LogP contribution in [0.1, 0.15) is 5.56 Å². The van der Waals surface area contributed by atoms with Crippen molar-refractivity contribution >= 4 is 29.1 Å². The van der Waals surface area contributed by atoms with E-state index in [0.29, 0.717) is 33.7 Å². The molecule has 0 aromatic heterocycles. The summed E-state index contributed by atoms with van der Waals surface area (Å²) in [5, 5.41) is 11.0. The number of rotatable bonds is 5. The molecule has 1 fully saturated rings. The second kappa shape index (κ2) is 6.98. The third kappa shape index (κ3) is 3.46. The van der Waals surface area contributed by atoms with Crippen LogP contribution in [0.25, 0.3) is 0 Å². The maximum atomic E-state index is 11.0. The Labute approximate surface area is 126 Å². The lowest BCUT2D eigenvalue weighted by atomic mass is 10.2. The van der Waals surface area contributed by atoms with Crippen LogP contribution >= 0.6 is 11.8 Å². The second-order valence-electron chi connectivity index (χ2n) is 3.91. The molecule has 0 aliphatic carbocycles. The molecule has 1 aromatic rings. The molecule has 1 amide bonds. The molecule has 1 aromatic carbocycles. The Kier molecular flexibility index (Phi) is 5.04. The zero-order valence-corrected chi connectivity index (χ0v) is 12.7. The van der Waals surface area contributed by atoms with Gasteiger partial charge in [0.15, 0.2) is 16.7 Å². The van der Waals surface area contributed by atoms with Gasteiger partial charge in [-0.3, -0.25) is 4.79 Å². The largest absolute Gasteiger partial charge is 0.493 e. The molecule has 1 heterocycles. The summed E-state index contributed by atoms with van der Waals surface area (Å²) < 4.78 is 15.8. The lowest BCUT2D eigenvalue weighted by Crippen LogP contribution is -2.19. The molecule has 8 heteroatoms. The summed E-state index contributed by atoms with van der Waals surface area (Å²) in [7, 11) is 4.62. The minimum absolute atomic E-state index is 0.0716. The predicted octanol–water partition coefficient (Wildman–Crippen LogP) is 1.27. The van der Waals surface area contributed by atoms with Gasteiger partial charge in [0.1, 0.15) is 0 Å². The van der Waals surface area contributed by atoms with Crippen molar-refractivity contribution in [2.24, 2.45) is 10.2 Å². The highest BCUT2D eigenvalue weighted by molar-refractivity contribution is 8.15. The van der Waals surface area contributed by atoms with Crippen LogP contribution in [0.3, 0.4) is 0 Å². The Balaban J connectivity index is 2.25. The van der Waals surface area contributed by atoms with Crippen molar-refractivity contribution in [2.75, 3.05) is 27.1 Å². The highest BCUT2D eigenvalue weighted by Crippen LogP contribution is 2.38. The highest BCUT2D eigenvalue weighted by Gasteiger charge is 2.16. The minimum atomic E-state index is -0.0716. The van der Waals surface area contributed by atoms with E-state index in [4.69, 9.17) is 14.2 Å². The number of carbonyl (C=O) groups is 1. The van der Waals surface area contributed by atoms with Crippen LogP contribution in [0, 0.1) is 0 Å². The van der Waals surface area contributed by atoms with Gasteiger partial charge in [0.25, 0.3) is 0 Å². The van der Waals surface area contributed by atoms with E-state index in [0.717, 1.165) is 0 Å². The average molecular weight is 309 g/mol. The molecule has 0 radical (unpaired) electrons. The van der Waals surface area contributed by atoms with Crippen molar-refractivity contribution in [3.8, 4) is 17.2 Å². The highest BCUT2D eigenvalue weighted by atomic mass is 32.2. The number of ether oxygens (including phenoxy) is 3. The van der Waals surface area contributed by atoms with E-state index in [2.05, 4.69) is 15.5 Å². The zero-order chi connectivity index (χ0) is 15.2. The van der Waals surface area contributed by atoms with E-state index in [1.165, 1.54) is 32.2 Å². The Hall–Kier alpha value is -2.22. The van der Waals surface area contributed by atoms with Gasteiger partial charge in [-0.1, -0.05) is 11.8 Å². The Morgan fingerprint density at radius 3 is 2.52 bits per heavy atom. The monoisotopic (exact) mass is 309 g/mol. The van der Waals surface area contributed by atoms with Crippen LogP contribution < -0.4 is 19.5 Å². The number of thioether (sulfide) groups is 1. The Bertz CT molecular complexity index is 601. The standard InChI is InChI=1S/C13H15N3O4S/c1-18-9-5-4-8(11(19-2)12(9)20-3)6-14-16-13-15-10(17)7-21-13/h4-6H,7H2,1-3H3,(H,15,16,17). The average Bonchev–Trinajstić information content (AvgIpc) is 2.91. The van der Waals surface area contributed by atoms with Gasteiger partial charge in [0.2, 0.25) is 11.7 Å². The minimum Gasteiger partial charge on any atom is -0.493 e. The van der Waals surface area contributed by atoms with Crippen LogP contribution in [0.15, 0.2) is 22.3 Å². The summed E-state index contributed by atoms with van der Waals surface area (Å²) in [6.45, 7) is 0. The summed E-state index contributed by atoms with van der Waals surface area (Å²) in [5.74, 6) is 1.85. The lowest BCUT2D eigenvalue weighted by Gasteiger charge is -2.13. The number of amidine groups is 1. The van der Waals surface area contributed by atoms with Crippen molar-refractivity contribution in [3.05, 3.63) is 17.7 Å². The van der Waals surface area contributed by atoms with Crippen molar-refractivity contribution in [1.29, 1.82) is 0 Å². The van der Waals surface area contributed by atoms with Crippen LogP contribution in [-0.4, -0.2) is 44.4 Å². The number of amides is 1. The molecule has 1 aliphatic rings. The lowest BCUT2D eigenvalue weighted by molar-refractivity contribution is -0.116. The topological polar surface area (TPSA) is 81.5 Å². The van der Waals surface area contributed by atoms with Gasteiger partial charge in [-0.05, 0) is 12.1 Å².